The fraction of sp³-hybridized carbons (Fsp3) is 0.125. The van der Waals surface area contributed by atoms with Crippen molar-refractivity contribution < 1.29 is 29.7 Å². The highest BCUT2D eigenvalue weighted by atomic mass is 32.1. The van der Waals surface area contributed by atoms with E-state index in [2.05, 4.69) is 27.5 Å². The highest BCUT2D eigenvalue weighted by molar-refractivity contribution is 7.71. The number of hydrogen-bond donors (Lipinski definition) is 6. The number of carbonyl (C=O) groups excluding carboxylic acids is 1. The minimum atomic E-state index is -1.82. The molecule has 1 aromatic rings. The van der Waals surface area contributed by atoms with Crippen LogP contribution in [0.25, 0.3) is 0 Å². The Morgan fingerprint density at radius 3 is 1.95 bits per heavy atom. The number of aromatic hydroxyl groups is 1. The number of nitrogens with one attached hydrogen (secondary N) is 3. The Balaban J connectivity index is 0.000000459. The predicted octanol–water partition coefficient (Wildman–Crippen LogP) is -0.748. The van der Waals surface area contributed by atoms with Crippen LogP contribution in [0.5, 0.6) is 5.88 Å². The van der Waals surface area contributed by atoms with Crippen LogP contribution in [0.2, 0.25) is 0 Å². The third-order valence-electron chi connectivity index (χ3n) is 1.41. The predicted molar refractivity (Wildman–Crippen MR) is 63.5 cm³/mol. The van der Waals surface area contributed by atoms with Gasteiger partial charge in [-0.05, 0) is 12.2 Å². The number of hydrogen-bond acceptors (Lipinski definition) is 6. The molecule has 0 fully saturated rings. The summed E-state index contributed by atoms with van der Waals surface area (Å²) in [5, 5.41) is 26.1. The van der Waals surface area contributed by atoms with Gasteiger partial charge in [-0.3, -0.25) is 14.6 Å². The molecule has 0 spiro atoms. The molecule has 0 aliphatic rings. The van der Waals surface area contributed by atoms with Crippen molar-refractivity contribution >= 4 is 35.8 Å². The molecule has 0 aromatic carbocycles. The molecule has 1 aromatic heterocycles. The summed E-state index contributed by atoms with van der Waals surface area (Å²) in [5.41, 5.74) is -0.877. The summed E-state index contributed by atoms with van der Waals surface area (Å²) in [5.74, 6) is -4.56. The van der Waals surface area contributed by atoms with Gasteiger partial charge in [0.1, 0.15) is 0 Å². The number of aromatic nitrogens is 2. The quantitative estimate of drug-likeness (QED) is 0.289. The lowest BCUT2D eigenvalue weighted by molar-refractivity contribution is -0.159. The first kappa shape index (κ1) is 16.3. The molecule has 1 amide bonds. The first-order valence-electron chi connectivity index (χ1n) is 4.44. The average Bonchev–Trinajstić information content (AvgIpc) is 2.23. The minimum absolute atomic E-state index is 0.00315. The molecule has 6 N–H and O–H groups in total. The third kappa shape index (κ3) is 5.97. The molecule has 0 aliphatic carbocycles. The Morgan fingerprint density at radius 2 is 1.63 bits per heavy atom. The van der Waals surface area contributed by atoms with E-state index < -0.39 is 29.3 Å². The van der Waals surface area contributed by atoms with Gasteiger partial charge in [-0.1, -0.05) is 0 Å². The lowest BCUT2D eigenvalue weighted by atomic mass is 10.5. The van der Waals surface area contributed by atoms with E-state index in [4.69, 9.17) is 24.9 Å². The number of carbonyl (C=O) groups is 3. The van der Waals surface area contributed by atoms with E-state index in [9.17, 15) is 9.59 Å². The zero-order chi connectivity index (χ0) is 15.2. The number of rotatable bonds is 1. The molecule has 0 unspecified atom stereocenters. The number of carboxylic acid groups (broad SMARTS) is 2. The zero-order valence-electron chi connectivity index (χ0n) is 9.38. The van der Waals surface area contributed by atoms with E-state index in [1.807, 2.05) is 0 Å². The lowest BCUT2D eigenvalue weighted by Gasteiger charge is -2.01. The molecule has 19 heavy (non-hydrogen) atoms. The Kier molecular flexibility index (Phi) is 5.93. The maximum absolute atomic E-state index is 11.1. The van der Waals surface area contributed by atoms with Gasteiger partial charge in [0.25, 0.3) is 5.56 Å². The largest absolute Gasteiger partial charge is 0.493 e. The van der Waals surface area contributed by atoms with Crippen LogP contribution >= 0.6 is 12.2 Å². The van der Waals surface area contributed by atoms with Gasteiger partial charge in [0.05, 0.1) is 0 Å². The Bertz CT molecular complexity index is 606. The van der Waals surface area contributed by atoms with Gasteiger partial charge in [0, 0.05) is 6.92 Å². The molecule has 1 heterocycles. The summed E-state index contributed by atoms with van der Waals surface area (Å²) in [6.07, 6.45) is 0. The highest BCUT2D eigenvalue weighted by Gasteiger charge is 2.07. The molecular weight excluding hydrogens is 282 g/mol. The van der Waals surface area contributed by atoms with Crippen LogP contribution in [0.4, 0.5) is 5.69 Å². The van der Waals surface area contributed by atoms with E-state index in [0.717, 1.165) is 0 Å². The second-order valence-electron chi connectivity index (χ2n) is 2.92. The second kappa shape index (κ2) is 6.90. The maximum Gasteiger partial charge on any atom is 0.414 e. The van der Waals surface area contributed by atoms with Crippen LogP contribution in [-0.2, 0) is 14.4 Å². The van der Waals surface area contributed by atoms with Crippen LogP contribution in [0, 0.1) is 4.77 Å². The van der Waals surface area contributed by atoms with Crippen LogP contribution in [0.3, 0.4) is 0 Å². The maximum atomic E-state index is 11.1. The summed E-state index contributed by atoms with van der Waals surface area (Å²) in [4.78, 5) is 44.4. The van der Waals surface area contributed by atoms with Crippen molar-refractivity contribution in [2.75, 3.05) is 5.32 Å². The van der Waals surface area contributed by atoms with Crippen LogP contribution in [0.15, 0.2) is 4.79 Å². The van der Waals surface area contributed by atoms with Crippen LogP contribution in [0.1, 0.15) is 6.92 Å². The summed E-state index contributed by atoms with van der Waals surface area (Å²) in [6.45, 7) is 1.22. The first-order valence-corrected chi connectivity index (χ1v) is 4.85. The molecule has 0 atom stereocenters. The van der Waals surface area contributed by atoms with E-state index in [-0.39, 0.29) is 10.5 Å². The summed E-state index contributed by atoms with van der Waals surface area (Å²) in [6, 6.07) is 0. The van der Waals surface area contributed by atoms with Crippen molar-refractivity contribution in [3.8, 4) is 5.88 Å². The van der Waals surface area contributed by atoms with E-state index in [1.165, 1.54) is 6.92 Å². The van der Waals surface area contributed by atoms with Gasteiger partial charge in [0.15, 0.2) is 10.5 Å². The minimum Gasteiger partial charge on any atom is -0.493 e. The SMILES string of the molecule is CC(=O)Nc1c(O)[nH]c(=S)[nH]c1=O.O=C(O)C(=O)O. The van der Waals surface area contributed by atoms with Gasteiger partial charge in [-0.2, -0.15) is 0 Å². The molecule has 104 valence electrons. The van der Waals surface area contributed by atoms with Crippen LogP contribution in [-0.4, -0.2) is 43.1 Å². The van der Waals surface area contributed by atoms with Crippen molar-refractivity contribution in [2.45, 2.75) is 6.92 Å². The zero-order valence-corrected chi connectivity index (χ0v) is 10.2. The second-order valence-corrected chi connectivity index (χ2v) is 3.33. The summed E-state index contributed by atoms with van der Waals surface area (Å²) in [7, 11) is 0. The number of aliphatic carboxylic acids is 2. The molecule has 0 radical (unpaired) electrons. The number of carboxylic acids is 2. The normalized spacial score (nSPS) is 8.89. The van der Waals surface area contributed by atoms with Crippen molar-refractivity contribution in [2.24, 2.45) is 0 Å². The van der Waals surface area contributed by atoms with Crippen molar-refractivity contribution in [3.63, 3.8) is 0 Å². The molecular formula is C8H9N3O7S. The van der Waals surface area contributed by atoms with Gasteiger partial charge in [-0.25, -0.2) is 9.59 Å². The summed E-state index contributed by atoms with van der Waals surface area (Å²) < 4.78 is -0.00315. The van der Waals surface area contributed by atoms with Crippen molar-refractivity contribution in [3.05, 3.63) is 15.1 Å². The van der Waals surface area contributed by atoms with Crippen LogP contribution < -0.4 is 10.9 Å². The molecule has 11 heteroatoms. The van der Waals surface area contributed by atoms with Gasteiger partial charge < -0.3 is 25.6 Å². The summed E-state index contributed by atoms with van der Waals surface area (Å²) >= 11 is 4.58. The number of H-pyrrole nitrogens is 2. The van der Waals surface area contributed by atoms with E-state index in [1.54, 1.807) is 0 Å². The average molecular weight is 291 g/mol. The molecule has 0 bridgehead atoms. The monoisotopic (exact) mass is 291 g/mol. The number of amides is 1. The molecule has 1 rings (SSSR count). The molecule has 0 saturated heterocycles. The van der Waals surface area contributed by atoms with E-state index in [0.29, 0.717) is 0 Å². The molecule has 10 nitrogen and oxygen atoms in total. The third-order valence-corrected chi connectivity index (χ3v) is 1.61. The first-order chi connectivity index (χ1) is 8.65. The van der Waals surface area contributed by atoms with Crippen molar-refractivity contribution in [1.82, 2.24) is 9.97 Å². The number of aromatic amines is 2. The van der Waals surface area contributed by atoms with Crippen molar-refractivity contribution in [1.29, 1.82) is 0 Å². The smallest absolute Gasteiger partial charge is 0.414 e. The highest BCUT2D eigenvalue weighted by Crippen LogP contribution is 2.12. The number of anilines is 1. The molecule has 0 saturated carbocycles. The lowest BCUT2D eigenvalue weighted by Crippen LogP contribution is -2.18. The van der Waals surface area contributed by atoms with E-state index >= 15 is 0 Å². The Hall–Kier alpha value is -2.69. The molecule has 0 aliphatic heterocycles. The van der Waals surface area contributed by atoms with Gasteiger partial charge in [-0.15, -0.1) is 0 Å². The Labute approximate surface area is 109 Å². The Morgan fingerprint density at radius 1 is 1.16 bits per heavy atom. The standard InChI is InChI=1S/C6H7N3O3S.C2H2O4/c1-2(10)7-3-4(11)8-6(13)9-5(3)12;3-1(4)2(5)6/h1H3,(H,7,10)(H3,8,9,11,12,13);(H,3,4)(H,5,6). The fourth-order valence-electron chi connectivity index (χ4n) is 0.766. The van der Waals surface area contributed by atoms with Gasteiger partial charge >= 0.3 is 11.9 Å². The topological polar surface area (TPSA) is 173 Å². The fourth-order valence-corrected chi connectivity index (χ4v) is 0.956. The van der Waals surface area contributed by atoms with Gasteiger partial charge in [0.2, 0.25) is 11.8 Å².